The van der Waals surface area contributed by atoms with E-state index >= 15 is 0 Å². The molecule has 0 radical (unpaired) electrons. The summed E-state index contributed by atoms with van der Waals surface area (Å²) in [5, 5.41) is 0. The molecule has 0 atom stereocenters. The molecule has 2 N–H and O–H groups in total. The van der Waals surface area contributed by atoms with Crippen molar-refractivity contribution < 1.29 is 19.1 Å². The van der Waals surface area contributed by atoms with Crippen LogP contribution in [0.2, 0.25) is 0 Å². The van der Waals surface area contributed by atoms with Crippen LogP contribution in [0.1, 0.15) is 53.0 Å². The fraction of sp³-hybridized carbons (Fsp3) is 0.333. The molecule has 0 aromatic heterocycles. The van der Waals surface area contributed by atoms with Gasteiger partial charge in [-0.1, -0.05) is 31.0 Å². The van der Waals surface area contributed by atoms with Crippen molar-refractivity contribution in [1.82, 2.24) is 10.9 Å². The molecule has 0 spiro atoms. The van der Waals surface area contributed by atoms with Crippen LogP contribution in [-0.4, -0.2) is 25.0 Å². The lowest BCUT2D eigenvalue weighted by molar-refractivity contribution is 0.0846. The van der Waals surface area contributed by atoms with Gasteiger partial charge in [0, 0.05) is 11.1 Å². The van der Waals surface area contributed by atoms with Gasteiger partial charge in [-0.2, -0.15) is 0 Å². The highest BCUT2D eigenvalue weighted by molar-refractivity contribution is 5.99. The monoisotopic (exact) mass is 370 g/mol. The third-order valence-corrected chi connectivity index (χ3v) is 3.86. The average molecular weight is 370 g/mol. The lowest BCUT2D eigenvalue weighted by Crippen LogP contribution is -2.41. The van der Waals surface area contributed by atoms with E-state index in [0.717, 1.165) is 18.4 Å². The van der Waals surface area contributed by atoms with Gasteiger partial charge in [0.1, 0.15) is 0 Å². The van der Waals surface area contributed by atoms with Crippen LogP contribution in [-0.2, 0) is 0 Å². The number of ether oxygens (including phenoxy) is 2. The number of aryl methyl sites for hydroxylation is 1. The van der Waals surface area contributed by atoms with Crippen molar-refractivity contribution in [1.29, 1.82) is 0 Å². The van der Waals surface area contributed by atoms with Gasteiger partial charge in [-0.15, -0.1) is 0 Å². The fourth-order valence-corrected chi connectivity index (χ4v) is 2.33. The van der Waals surface area contributed by atoms with Gasteiger partial charge in [0.25, 0.3) is 11.8 Å². The maximum atomic E-state index is 12.3. The van der Waals surface area contributed by atoms with Gasteiger partial charge in [-0.05, 0) is 50.6 Å². The molecule has 2 amide bonds. The molecule has 0 aliphatic rings. The third kappa shape index (κ3) is 6.02. The summed E-state index contributed by atoms with van der Waals surface area (Å²) in [7, 11) is 0. The quantitative estimate of drug-likeness (QED) is 0.549. The van der Waals surface area contributed by atoms with Gasteiger partial charge < -0.3 is 9.47 Å². The first-order chi connectivity index (χ1) is 13.0. The van der Waals surface area contributed by atoms with Gasteiger partial charge in [-0.3, -0.25) is 20.4 Å². The lowest BCUT2D eigenvalue weighted by Gasteiger charge is -2.13. The van der Waals surface area contributed by atoms with Gasteiger partial charge in [0.05, 0.1) is 13.2 Å². The molecule has 2 aromatic carbocycles. The molecule has 27 heavy (non-hydrogen) atoms. The van der Waals surface area contributed by atoms with Gasteiger partial charge in [-0.25, -0.2) is 0 Å². The minimum absolute atomic E-state index is 0.366. The van der Waals surface area contributed by atoms with E-state index in [0.29, 0.717) is 35.8 Å². The molecular formula is C21H26N2O4. The standard InChI is InChI=1S/C21H26N2O4/c1-4-6-13-27-18-12-11-17(14-19(18)26-5-2)21(25)23-22-20(24)16-9-7-15(3)8-10-16/h7-12,14H,4-6,13H2,1-3H3,(H,22,24)(H,23,25). The highest BCUT2D eigenvalue weighted by Gasteiger charge is 2.13. The van der Waals surface area contributed by atoms with E-state index in [2.05, 4.69) is 17.8 Å². The Labute approximate surface area is 159 Å². The first-order valence-electron chi connectivity index (χ1n) is 9.12. The number of nitrogens with one attached hydrogen (secondary N) is 2. The van der Waals surface area contributed by atoms with Crippen molar-refractivity contribution in [2.45, 2.75) is 33.6 Å². The molecule has 0 aliphatic carbocycles. The Morgan fingerprint density at radius 2 is 1.48 bits per heavy atom. The van der Waals surface area contributed by atoms with Crippen LogP contribution in [0.25, 0.3) is 0 Å². The largest absolute Gasteiger partial charge is 0.490 e. The predicted molar refractivity (Wildman–Crippen MR) is 104 cm³/mol. The Bertz CT molecular complexity index is 772. The number of benzene rings is 2. The zero-order chi connectivity index (χ0) is 19.6. The molecule has 0 aliphatic heterocycles. The number of unbranched alkanes of at least 4 members (excludes halogenated alkanes) is 1. The van der Waals surface area contributed by atoms with Crippen LogP contribution in [0.5, 0.6) is 11.5 Å². The molecule has 0 heterocycles. The summed E-state index contributed by atoms with van der Waals surface area (Å²) in [5.74, 6) is 0.293. The Kier molecular flexibility index (Phi) is 7.67. The summed E-state index contributed by atoms with van der Waals surface area (Å²) in [5.41, 5.74) is 6.72. The molecule has 0 saturated heterocycles. The minimum Gasteiger partial charge on any atom is -0.490 e. The van der Waals surface area contributed by atoms with Crippen LogP contribution in [0, 0.1) is 6.92 Å². The second kappa shape index (κ2) is 10.2. The number of hydrogen-bond donors (Lipinski definition) is 2. The normalized spacial score (nSPS) is 10.2. The van der Waals surface area contributed by atoms with Crippen LogP contribution in [0.3, 0.4) is 0 Å². The van der Waals surface area contributed by atoms with Crippen molar-refractivity contribution >= 4 is 11.8 Å². The molecule has 6 heteroatoms. The highest BCUT2D eigenvalue weighted by Crippen LogP contribution is 2.28. The van der Waals surface area contributed by atoms with Crippen molar-refractivity contribution in [3.05, 3.63) is 59.2 Å². The maximum absolute atomic E-state index is 12.3. The summed E-state index contributed by atoms with van der Waals surface area (Å²) in [6, 6.07) is 12.0. The first kappa shape index (κ1) is 20.3. The number of hydrogen-bond acceptors (Lipinski definition) is 4. The second-order valence-electron chi connectivity index (χ2n) is 6.07. The zero-order valence-corrected chi connectivity index (χ0v) is 16.0. The van der Waals surface area contributed by atoms with E-state index in [1.54, 1.807) is 30.3 Å². The number of carbonyl (C=O) groups is 2. The summed E-state index contributed by atoms with van der Waals surface area (Å²) in [6.45, 7) is 6.94. The SMILES string of the molecule is CCCCOc1ccc(C(=O)NNC(=O)c2ccc(C)cc2)cc1OCC. The molecule has 0 saturated carbocycles. The second-order valence-corrected chi connectivity index (χ2v) is 6.07. The average Bonchev–Trinajstić information content (AvgIpc) is 2.68. The van der Waals surface area contributed by atoms with E-state index in [4.69, 9.17) is 9.47 Å². The van der Waals surface area contributed by atoms with Crippen LogP contribution < -0.4 is 20.3 Å². The van der Waals surface area contributed by atoms with Crippen LogP contribution in [0.4, 0.5) is 0 Å². The molecule has 0 fully saturated rings. The van der Waals surface area contributed by atoms with E-state index in [1.807, 2.05) is 26.0 Å². The zero-order valence-electron chi connectivity index (χ0n) is 16.0. The molecule has 2 aromatic rings. The number of hydrazine groups is 1. The molecule has 144 valence electrons. The van der Waals surface area contributed by atoms with Gasteiger partial charge >= 0.3 is 0 Å². The summed E-state index contributed by atoms with van der Waals surface area (Å²) in [6.07, 6.45) is 1.98. The Hall–Kier alpha value is -3.02. The van der Waals surface area contributed by atoms with Crippen molar-refractivity contribution in [2.75, 3.05) is 13.2 Å². The maximum Gasteiger partial charge on any atom is 0.269 e. The molecule has 0 bridgehead atoms. The molecule has 6 nitrogen and oxygen atoms in total. The lowest BCUT2D eigenvalue weighted by atomic mass is 10.1. The molecule has 2 rings (SSSR count). The van der Waals surface area contributed by atoms with Crippen molar-refractivity contribution in [2.24, 2.45) is 0 Å². The molecular weight excluding hydrogens is 344 g/mol. The predicted octanol–water partition coefficient (Wildman–Crippen LogP) is 3.65. The van der Waals surface area contributed by atoms with Gasteiger partial charge in [0.15, 0.2) is 11.5 Å². The minimum atomic E-state index is -0.434. The Morgan fingerprint density at radius 3 is 2.11 bits per heavy atom. The van der Waals surface area contributed by atoms with E-state index in [1.165, 1.54) is 0 Å². The smallest absolute Gasteiger partial charge is 0.269 e. The Balaban J connectivity index is 2.01. The Morgan fingerprint density at radius 1 is 0.852 bits per heavy atom. The third-order valence-electron chi connectivity index (χ3n) is 3.86. The topological polar surface area (TPSA) is 76.7 Å². The van der Waals surface area contributed by atoms with Crippen molar-refractivity contribution in [3.8, 4) is 11.5 Å². The molecule has 0 unspecified atom stereocenters. The summed E-state index contributed by atoms with van der Waals surface area (Å²) >= 11 is 0. The summed E-state index contributed by atoms with van der Waals surface area (Å²) in [4.78, 5) is 24.4. The number of amides is 2. The number of carbonyl (C=O) groups excluding carboxylic acids is 2. The van der Waals surface area contributed by atoms with Crippen LogP contribution >= 0.6 is 0 Å². The highest BCUT2D eigenvalue weighted by atomic mass is 16.5. The van der Waals surface area contributed by atoms with Crippen molar-refractivity contribution in [3.63, 3.8) is 0 Å². The first-order valence-corrected chi connectivity index (χ1v) is 9.12. The van der Waals surface area contributed by atoms with E-state index < -0.39 is 5.91 Å². The van der Waals surface area contributed by atoms with E-state index in [9.17, 15) is 9.59 Å². The van der Waals surface area contributed by atoms with Gasteiger partial charge in [0.2, 0.25) is 0 Å². The van der Waals surface area contributed by atoms with Crippen LogP contribution in [0.15, 0.2) is 42.5 Å². The number of rotatable bonds is 8. The van der Waals surface area contributed by atoms with E-state index in [-0.39, 0.29) is 5.91 Å². The fourth-order valence-electron chi connectivity index (χ4n) is 2.33. The summed E-state index contributed by atoms with van der Waals surface area (Å²) < 4.78 is 11.3.